The number of carbonyl (C=O) groups excluding carboxylic acids is 1. The zero-order valence-electron chi connectivity index (χ0n) is 14.4. The third-order valence-electron chi connectivity index (χ3n) is 3.51. The summed E-state index contributed by atoms with van der Waals surface area (Å²) < 4.78 is 27.0. The first-order valence-electron chi connectivity index (χ1n) is 7.67. The van der Waals surface area contributed by atoms with Gasteiger partial charge in [-0.05, 0) is 31.2 Å². The maximum Gasteiger partial charge on any atom is 0.241 e. The summed E-state index contributed by atoms with van der Waals surface area (Å²) >= 11 is 0. The lowest BCUT2D eigenvalue weighted by molar-refractivity contribution is 0.101. The minimum absolute atomic E-state index is 0.0194. The first-order valence-corrected chi connectivity index (χ1v) is 9.15. The van der Waals surface area contributed by atoms with Crippen LogP contribution in [0.15, 0.2) is 53.4 Å². The minimum atomic E-state index is -3.71. The van der Waals surface area contributed by atoms with E-state index < -0.39 is 10.0 Å². The Kier molecular flexibility index (Phi) is 5.97. The standard InChI is InChI=1S/C19H20N2O3S/c1-15(22)17-9-6-11-18(14-17)25(23,24)20-13-7-10-16-8-4-5-12-19(16)21(2)3/h4-6,8-9,11-12,14,20H,13H2,1-3H3. The van der Waals surface area contributed by atoms with Gasteiger partial charge in [-0.25, -0.2) is 8.42 Å². The molecule has 0 atom stereocenters. The zero-order chi connectivity index (χ0) is 18.4. The number of nitrogens with zero attached hydrogens (tertiary/aromatic N) is 1. The van der Waals surface area contributed by atoms with E-state index in [0.29, 0.717) is 5.56 Å². The van der Waals surface area contributed by atoms with Crippen molar-refractivity contribution in [3.8, 4) is 11.8 Å². The Hall–Kier alpha value is -2.62. The van der Waals surface area contributed by atoms with Crippen LogP contribution in [0.3, 0.4) is 0 Å². The Bertz CT molecular complexity index is 938. The van der Waals surface area contributed by atoms with Gasteiger partial charge in [0.05, 0.1) is 17.1 Å². The highest BCUT2D eigenvalue weighted by Crippen LogP contribution is 2.16. The van der Waals surface area contributed by atoms with Gasteiger partial charge in [0.15, 0.2) is 5.78 Å². The molecule has 2 rings (SSSR count). The van der Waals surface area contributed by atoms with Crippen LogP contribution < -0.4 is 9.62 Å². The number of sulfonamides is 1. The first-order chi connectivity index (χ1) is 11.8. The molecule has 5 nitrogen and oxygen atoms in total. The van der Waals surface area contributed by atoms with Crippen LogP contribution >= 0.6 is 0 Å². The van der Waals surface area contributed by atoms with E-state index in [1.165, 1.54) is 19.1 Å². The molecular formula is C19H20N2O3S. The summed E-state index contributed by atoms with van der Waals surface area (Å²) in [6, 6.07) is 13.6. The third kappa shape index (κ3) is 4.92. The van der Waals surface area contributed by atoms with Crippen molar-refractivity contribution in [1.29, 1.82) is 0 Å². The zero-order valence-corrected chi connectivity index (χ0v) is 15.2. The monoisotopic (exact) mass is 356 g/mol. The number of para-hydroxylation sites is 1. The lowest BCUT2D eigenvalue weighted by atomic mass is 10.1. The summed E-state index contributed by atoms with van der Waals surface area (Å²) in [7, 11) is 0.131. The molecule has 0 radical (unpaired) electrons. The van der Waals surface area contributed by atoms with Crippen LogP contribution in [0.5, 0.6) is 0 Å². The summed E-state index contributed by atoms with van der Waals surface area (Å²) in [5.41, 5.74) is 2.14. The summed E-state index contributed by atoms with van der Waals surface area (Å²) in [5.74, 6) is 5.62. The van der Waals surface area contributed by atoms with Gasteiger partial charge in [0.25, 0.3) is 0 Å². The van der Waals surface area contributed by atoms with Gasteiger partial charge in [-0.15, -0.1) is 0 Å². The quantitative estimate of drug-likeness (QED) is 0.659. The number of rotatable bonds is 5. The molecule has 130 valence electrons. The molecule has 0 aliphatic carbocycles. The van der Waals surface area contributed by atoms with Crippen LogP contribution in [0.1, 0.15) is 22.8 Å². The van der Waals surface area contributed by atoms with Gasteiger partial charge in [0, 0.05) is 25.2 Å². The maximum absolute atomic E-state index is 12.3. The highest BCUT2D eigenvalue weighted by atomic mass is 32.2. The van der Waals surface area contributed by atoms with Crippen LogP contribution in [0, 0.1) is 11.8 Å². The van der Waals surface area contributed by atoms with Gasteiger partial charge in [0.1, 0.15) is 0 Å². The van der Waals surface area contributed by atoms with E-state index in [2.05, 4.69) is 16.6 Å². The molecule has 25 heavy (non-hydrogen) atoms. The lowest BCUT2D eigenvalue weighted by Crippen LogP contribution is -2.24. The predicted molar refractivity (Wildman–Crippen MR) is 99.3 cm³/mol. The molecule has 1 N–H and O–H groups in total. The largest absolute Gasteiger partial charge is 0.377 e. The Balaban J connectivity index is 2.12. The van der Waals surface area contributed by atoms with Crippen LogP contribution in [0.4, 0.5) is 5.69 Å². The summed E-state index contributed by atoms with van der Waals surface area (Å²) in [6.45, 7) is 1.38. The Morgan fingerprint density at radius 3 is 2.52 bits per heavy atom. The fourth-order valence-corrected chi connectivity index (χ4v) is 3.17. The molecular weight excluding hydrogens is 336 g/mol. The Morgan fingerprint density at radius 2 is 1.84 bits per heavy atom. The number of hydrogen-bond donors (Lipinski definition) is 1. The molecule has 6 heteroatoms. The SMILES string of the molecule is CC(=O)c1cccc(S(=O)(=O)NCC#Cc2ccccc2N(C)C)c1. The average Bonchev–Trinajstić information content (AvgIpc) is 2.59. The van der Waals surface area contributed by atoms with Crippen molar-refractivity contribution < 1.29 is 13.2 Å². The van der Waals surface area contributed by atoms with E-state index in [4.69, 9.17) is 0 Å². The summed E-state index contributed by atoms with van der Waals surface area (Å²) in [5, 5.41) is 0. The van der Waals surface area contributed by atoms with Gasteiger partial charge in [0.2, 0.25) is 10.0 Å². The molecule has 2 aromatic carbocycles. The Morgan fingerprint density at radius 1 is 1.12 bits per heavy atom. The smallest absolute Gasteiger partial charge is 0.241 e. The first kappa shape index (κ1) is 18.7. The van der Waals surface area contributed by atoms with Gasteiger partial charge >= 0.3 is 0 Å². The molecule has 0 aliphatic heterocycles. The second-order valence-electron chi connectivity index (χ2n) is 5.62. The molecule has 0 unspecified atom stereocenters. The van der Waals surface area contributed by atoms with Gasteiger partial charge in [-0.1, -0.05) is 36.1 Å². The van der Waals surface area contributed by atoms with Crippen molar-refractivity contribution in [2.75, 3.05) is 25.5 Å². The Labute approximate surface area is 148 Å². The number of nitrogens with one attached hydrogen (secondary N) is 1. The second-order valence-corrected chi connectivity index (χ2v) is 7.39. The number of carbonyl (C=O) groups is 1. The molecule has 0 saturated carbocycles. The lowest BCUT2D eigenvalue weighted by Gasteiger charge is -2.13. The van der Waals surface area contributed by atoms with Crippen molar-refractivity contribution >= 4 is 21.5 Å². The molecule has 0 spiro atoms. The highest BCUT2D eigenvalue weighted by molar-refractivity contribution is 7.89. The molecule has 0 amide bonds. The predicted octanol–water partition coefficient (Wildman–Crippen LogP) is 2.29. The molecule has 0 bridgehead atoms. The van der Waals surface area contributed by atoms with E-state index in [-0.39, 0.29) is 17.2 Å². The number of ketones is 1. The van der Waals surface area contributed by atoms with Crippen LogP contribution in [0.2, 0.25) is 0 Å². The average molecular weight is 356 g/mol. The number of benzene rings is 2. The second kappa shape index (κ2) is 7.97. The number of anilines is 1. The topological polar surface area (TPSA) is 66.5 Å². The van der Waals surface area contributed by atoms with Crippen LogP contribution in [-0.4, -0.2) is 34.8 Å². The third-order valence-corrected chi connectivity index (χ3v) is 4.91. The fourth-order valence-electron chi connectivity index (χ4n) is 2.21. The minimum Gasteiger partial charge on any atom is -0.377 e. The summed E-state index contributed by atoms with van der Waals surface area (Å²) in [6.07, 6.45) is 0. The molecule has 0 heterocycles. The van der Waals surface area contributed by atoms with E-state index in [1.807, 2.05) is 43.3 Å². The molecule has 0 fully saturated rings. The van der Waals surface area contributed by atoms with Gasteiger partial charge in [-0.2, -0.15) is 4.72 Å². The number of hydrogen-bond acceptors (Lipinski definition) is 4. The number of Topliss-reactive ketones (excluding diaryl/α,β-unsaturated/α-hetero) is 1. The van der Waals surface area contributed by atoms with Crippen molar-refractivity contribution in [3.05, 3.63) is 59.7 Å². The van der Waals surface area contributed by atoms with Crippen molar-refractivity contribution in [3.63, 3.8) is 0 Å². The molecule has 0 aliphatic rings. The van der Waals surface area contributed by atoms with Gasteiger partial charge in [-0.3, -0.25) is 4.79 Å². The maximum atomic E-state index is 12.3. The van der Waals surface area contributed by atoms with E-state index >= 15 is 0 Å². The molecule has 2 aromatic rings. The highest BCUT2D eigenvalue weighted by Gasteiger charge is 2.14. The van der Waals surface area contributed by atoms with Crippen molar-refractivity contribution in [2.24, 2.45) is 0 Å². The molecule has 0 saturated heterocycles. The van der Waals surface area contributed by atoms with Crippen LogP contribution in [-0.2, 0) is 10.0 Å². The van der Waals surface area contributed by atoms with E-state index in [9.17, 15) is 13.2 Å². The van der Waals surface area contributed by atoms with E-state index in [1.54, 1.807) is 12.1 Å². The van der Waals surface area contributed by atoms with Crippen LogP contribution in [0.25, 0.3) is 0 Å². The van der Waals surface area contributed by atoms with Crippen molar-refractivity contribution in [1.82, 2.24) is 4.72 Å². The fraction of sp³-hybridized carbons (Fsp3) is 0.211. The molecule has 0 aromatic heterocycles. The summed E-state index contributed by atoms with van der Waals surface area (Å²) in [4.78, 5) is 13.4. The van der Waals surface area contributed by atoms with E-state index in [0.717, 1.165) is 11.3 Å². The van der Waals surface area contributed by atoms with Crippen molar-refractivity contribution in [2.45, 2.75) is 11.8 Å². The van der Waals surface area contributed by atoms with Gasteiger partial charge < -0.3 is 4.90 Å². The normalized spacial score (nSPS) is 10.7.